The minimum Gasteiger partial charge on any atom is -0.379 e. The number of hydrogen-bond acceptors (Lipinski definition) is 3. The largest absolute Gasteiger partial charge is 0.379 e. The van der Waals surface area contributed by atoms with Gasteiger partial charge in [0.2, 0.25) is 0 Å². The Bertz CT molecular complexity index is 348. The zero-order valence-electron chi connectivity index (χ0n) is 15.0. The van der Waals surface area contributed by atoms with Gasteiger partial charge in [0.15, 0.2) is 0 Å². The number of amides is 2. The number of carbonyl (C=O) groups excluding carboxylic acids is 1. The number of rotatable bonds is 7. The van der Waals surface area contributed by atoms with Gasteiger partial charge in [0.25, 0.3) is 0 Å². The fourth-order valence-electron chi connectivity index (χ4n) is 3.87. The molecule has 1 aliphatic heterocycles. The molecule has 0 aromatic heterocycles. The molecule has 1 saturated carbocycles. The summed E-state index contributed by atoms with van der Waals surface area (Å²) < 4.78 is 5.50. The molecular weight excluding hydrogens is 290 g/mol. The third-order valence-electron chi connectivity index (χ3n) is 5.29. The molecule has 0 atom stereocenters. The van der Waals surface area contributed by atoms with Crippen LogP contribution in [0.4, 0.5) is 4.79 Å². The summed E-state index contributed by atoms with van der Waals surface area (Å²) >= 11 is 0. The maximum absolute atomic E-state index is 12.1. The molecular formula is C18H35N3O2. The highest BCUT2D eigenvalue weighted by Gasteiger charge is 2.38. The Morgan fingerprint density at radius 1 is 1.13 bits per heavy atom. The molecule has 0 aromatic carbocycles. The van der Waals surface area contributed by atoms with Gasteiger partial charge in [-0.05, 0) is 31.6 Å². The molecule has 2 N–H and O–H groups in total. The minimum absolute atomic E-state index is 0.00744. The Balaban J connectivity index is 1.77. The van der Waals surface area contributed by atoms with Gasteiger partial charge in [-0.3, -0.25) is 4.90 Å². The Kier molecular flexibility index (Phi) is 7.63. The van der Waals surface area contributed by atoms with E-state index in [2.05, 4.69) is 29.4 Å². The van der Waals surface area contributed by atoms with E-state index in [1.54, 1.807) is 0 Å². The Labute approximate surface area is 141 Å². The molecule has 134 valence electrons. The molecule has 1 heterocycles. The third-order valence-corrected chi connectivity index (χ3v) is 5.29. The molecule has 0 spiro atoms. The fourth-order valence-corrected chi connectivity index (χ4v) is 3.87. The highest BCUT2D eigenvalue weighted by atomic mass is 16.5. The summed E-state index contributed by atoms with van der Waals surface area (Å²) in [6, 6.07) is -0.00744. The summed E-state index contributed by atoms with van der Waals surface area (Å²) in [4.78, 5) is 14.7. The molecule has 0 bridgehead atoms. The van der Waals surface area contributed by atoms with Gasteiger partial charge in [-0.25, -0.2) is 4.79 Å². The molecule has 2 aliphatic rings. The van der Waals surface area contributed by atoms with Gasteiger partial charge in [-0.1, -0.05) is 33.1 Å². The van der Waals surface area contributed by atoms with Crippen LogP contribution < -0.4 is 10.6 Å². The van der Waals surface area contributed by atoms with E-state index in [0.717, 1.165) is 52.2 Å². The molecule has 0 radical (unpaired) electrons. The van der Waals surface area contributed by atoms with Crippen LogP contribution in [0.3, 0.4) is 0 Å². The second-order valence-corrected chi connectivity index (χ2v) is 7.53. The van der Waals surface area contributed by atoms with Crippen LogP contribution in [0, 0.1) is 5.92 Å². The van der Waals surface area contributed by atoms with Crippen molar-refractivity contribution in [3.05, 3.63) is 0 Å². The average Bonchev–Trinajstić information content (AvgIpc) is 2.58. The van der Waals surface area contributed by atoms with Gasteiger partial charge in [0.1, 0.15) is 0 Å². The van der Waals surface area contributed by atoms with Crippen molar-refractivity contribution in [2.75, 3.05) is 39.4 Å². The van der Waals surface area contributed by atoms with Crippen LogP contribution >= 0.6 is 0 Å². The zero-order chi connectivity index (χ0) is 16.5. The summed E-state index contributed by atoms with van der Waals surface area (Å²) in [7, 11) is 0. The number of nitrogens with zero attached hydrogens (tertiary/aromatic N) is 1. The van der Waals surface area contributed by atoms with E-state index >= 15 is 0 Å². The first-order chi connectivity index (χ1) is 11.1. The lowest BCUT2D eigenvalue weighted by Crippen LogP contribution is -2.60. The summed E-state index contributed by atoms with van der Waals surface area (Å²) in [5.41, 5.74) is 0.150. The van der Waals surface area contributed by atoms with Crippen LogP contribution in [-0.4, -0.2) is 55.9 Å². The van der Waals surface area contributed by atoms with E-state index in [9.17, 15) is 4.79 Å². The topological polar surface area (TPSA) is 53.6 Å². The van der Waals surface area contributed by atoms with Crippen molar-refractivity contribution >= 4 is 6.03 Å². The molecule has 5 nitrogen and oxygen atoms in total. The predicted octanol–water partition coefficient (Wildman–Crippen LogP) is 2.76. The molecule has 2 amide bonds. The first-order valence-corrected chi connectivity index (χ1v) is 9.47. The van der Waals surface area contributed by atoms with Crippen LogP contribution in [0.5, 0.6) is 0 Å². The summed E-state index contributed by atoms with van der Waals surface area (Å²) in [5, 5.41) is 6.15. The second kappa shape index (κ2) is 9.48. The molecule has 0 aromatic rings. The lowest BCUT2D eigenvalue weighted by Gasteiger charge is -2.48. The highest BCUT2D eigenvalue weighted by molar-refractivity contribution is 5.73. The molecule has 1 saturated heterocycles. The molecule has 1 aliphatic carbocycles. The molecule has 2 rings (SSSR count). The first-order valence-electron chi connectivity index (χ1n) is 9.47. The summed E-state index contributed by atoms with van der Waals surface area (Å²) in [6.07, 6.45) is 8.48. The van der Waals surface area contributed by atoms with Crippen molar-refractivity contribution in [1.29, 1.82) is 0 Å². The van der Waals surface area contributed by atoms with E-state index in [4.69, 9.17) is 4.74 Å². The molecule has 0 unspecified atom stereocenters. The molecule has 2 fully saturated rings. The van der Waals surface area contributed by atoms with E-state index in [-0.39, 0.29) is 11.6 Å². The predicted molar refractivity (Wildman–Crippen MR) is 93.7 cm³/mol. The lowest BCUT2D eigenvalue weighted by molar-refractivity contribution is -0.0357. The number of carbonyl (C=O) groups is 1. The lowest BCUT2D eigenvalue weighted by atomic mass is 9.80. The van der Waals surface area contributed by atoms with Crippen molar-refractivity contribution in [3.63, 3.8) is 0 Å². The van der Waals surface area contributed by atoms with Gasteiger partial charge in [-0.15, -0.1) is 0 Å². The first kappa shape index (κ1) is 18.5. The van der Waals surface area contributed by atoms with Gasteiger partial charge < -0.3 is 15.4 Å². The van der Waals surface area contributed by atoms with Gasteiger partial charge >= 0.3 is 6.03 Å². The Hall–Kier alpha value is -0.810. The number of urea groups is 1. The van der Waals surface area contributed by atoms with Crippen LogP contribution in [0.1, 0.15) is 58.8 Å². The monoisotopic (exact) mass is 325 g/mol. The quantitative estimate of drug-likeness (QED) is 0.708. The third kappa shape index (κ3) is 5.96. The fraction of sp³-hybridized carbons (Fsp3) is 0.944. The average molecular weight is 325 g/mol. The summed E-state index contributed by atoms with van der Waals surface area (Å²) in [5.74, 6) is 0.701. The van der Waals surface area contributed by atoms with Crippen molar-refractivity contribution in [1.82, 2.24) is 15.5 Å². The highest BCUT2D eigenvalue weighted by Crippen LogP contribution is 2.33. The van der Waals surface area contributed by atoms with Crippen molar-refractivity contribution in [3.8, 4) is 0 Å². The number of hydrogen-bond donors (Lipinski definition) is 2. The van der Waals surface area contributed by atoms with E-state index in [1.165, 1.54) is 32.1 Å². The van der Waals surface area contributed by atoms with Crippen molar-refractivity contribution in [2.24, 2.45) is 5.92 Å². The van der Waals surface area contributed by atoms with Crippen LogP contribution in [-0.2, 0) is 4.74 Å². The van der Waals surface area contributed by atoms with Crippen LogP contribution in [0.2, 0.25) is 0 Å². The van der Waals surface area contributed by atoms with Crippen molar-refractivity contribution < 1.29 is 9.53 Å². The maximum Gasteiger partial charge on any atom is 0.314 e. The van der Waals surface area contributed by atoms with Gasteiger partial charge in [0, 0.05) is 31.7 Å². The number of nitrogens with one attached hydrogen (secondary N) is 2. The Morgan fingerprint density at radius 3 is 2.48 bits per heavy atom. The van der Waals surface area contributed by atoms with Gasteiger partial charge in [-0.2, -0.15) is 0 Å². The molecule has 23 heavy (non-hydrogen) atoms. The SMILES string of the molecule is CC(C)CCCNC(=O)NCC1(N2CCOCC2)CCCCC1. The van der Waals surface area contributed by atoms with Crippen molar-refractivity contribution in [2.45, 2.75) is 64.3 Å². The Morgan fingerprint density at radius 2 is 1.83 bits per heavy atom. The van der Waals surface area contributed by atoms with Crippen LogP contribution in [0.25, 0.3) is 0 Å². The minimum atomic E-state index is -0.00744. The van der Waals surface area contributed by atoms with E-state index in [0.29, 0.717) is 5.92 Å². The standard InChI is InChI=1S/C18H35N3O2/c1-16(2)7-6-10-19-17(22)20-15-18(8-4-3-5-9-18)21-11-13-23-14-12-21/h16H,3-15H2,1-2H3,(H2,19,20,22). The maximum atomic E-state index is 12.1. The second-order valence-electron chi connectivity index (χ2n) is 7.53. The van der Waals surface area contributed by atoms with E-state index < -0.39 is 0 Å². The number of ether oxygens (including phenoxy) is 1. The smallest absolute Gasteiger partial charge is 0.314 e. The molecule has 5 heteroatoms. The van der Waals surface area contributed by atoms with Crippen LogP contribution in [0.15, 0.2) is 0 Å². The number of morpholine rings is 1. The van der Waals surface area contributed by atoms with Gasteiger partial charge in [0.05, 0.1) is 13.2 Å². The summed E-state index contributed by atoms with van der Waals surface area (Å²) in [6.45, 7) is 9.61. The normalized spacial score (nSPS) is 22.0. The van der Waals surface area contributed by atoms with E-state index in [1.807, 2.05) is 0 Å². The zero-order valence-corrected chi connectivity index (χ0v) is 15.0.